The molecule has 0 aromatic heterocycles. The van der Waals surface area contributed by atoms with Gasteiger partial charge in [0, 0.05) is 5.88 Å². The van der Waals surface area contributed by atoms with E-state index in [1.165, 1.54) is 6.42 Å². The monoisotopic (exact) mass is 226 g/mol. The number of halogens is 2. The van der Waals surface area contributed by atoms with Crippen LogP contribution in [0.25, 0.3) is 0 Å². The van der Waals surface area contributed by atoms with Crippen LogP contribution in [-0.2, 0) is 0 Å². The third kappa shape index (κ3) is 10.2. The Morgan fingerprint density at radius 3 is 2.46 bits per heavy atom. The molecule has 0 radical (unpaired) electrons. The molecule has 3 heteroatoms. The molecule has 1 N–H and O–H groups in total. The summed E-state index contributed by atoms with van der Waals surface area (Å²) in [7, 11) is 0. The summed E-state index contributed by atoms with van der Waals surface area (Å²) in [5, 5.41) is 9.18. The first kappa shape index (κ1) is 15.7. The summed E-state index contributed by atoms with van der Waals surface area (Å²) in [5.74, 6) is 1.02. The molecule has 0 unspecified atom stereocenters. The van der Waals surface area contributed by atoms with E-state index < -0.39 is 0 Å². The molecule has 1 nitrogen and oxygen atoms in total. The van der Waals surface area contributed by atoms with Gasteiger partial charge < -0.3 is 5.11 Å². The molecule has 0 bridgehead atoms. The lowest BCUT2D eigenvalue weighted by atomic mass is 9.98. The van der Waals surface area contributed by atoms with E-state index in [9.17, 15) is 5.11 Å². The fraction of sp³-hybridized carbons (Fsp3) is 0.800. The molecule has 13 heavy (non-hydrogen) atoms. The van der Waals surface area contributed by atoms with Gasteiger partial charge in [-0.05, 0) is 31.6 Å². The second kappa shape index (κ2) is 10.4. The van der Waals surface area contributed by atoms with Crippen LogP contribution < -0.4 is 0 Å². The van der Waals surface area contributed by atoms with Crippen LogP contribution in [0, 0.1) is 5.92 Å². The van der Waals surface area contributed by atoms with E-state index in [2.05, 4.69) is 13.5 Å². The molecule has 0 amide bonds. The summed E-state index contributed by atoms with van der Waals surface area (Å²) < 4.78 is 0. The third-order valence-corrected chi connectivity index (χ3v) is 2.39. The van der Waals surface area contributed by atoms with E-state index in [1.807, 2.05) is 6.08 Å². The van der Waals surface area contributed by atoms with Gasteiger partial charge in [0.15, 0.2) is 0 Å². The molecule has 0 fully saturated rings. The van der Waals surface area contributed by atoms with Crippen molar-refractivity contribution in [2.75, 3.05) is 5.88 Å². The van der Waals surface area contributed by atoms with Crippen molar-refractivity contribution in [3.63, 3.8) is 0 Å². The molecule has 0 aliphatic heterocycles. The fourth-order valence-electron chi connectivity index (χ4n) is 1.10. The number of hydrogen-bond acceptors (Lipinski definition) is 1. The molecule has 0 aromatic rings. The Labute approximate surface area is 92.6 Å². The van der Waals surface area contributed by atoms with Gasteiger partial charge >= 0.3 is 0 Å². The van der Waals surface area contributed by atoms with Crippen LogP contribution in [0.2, 0.25) is 0 Å². The summed E-state index contributed by atoms with van der Waals surface area (Å²) in [4.78, 5) is 0. The smallest absolute Gasteiger partial charge is 0.0675 e. The van der Waals surface area contributed by atoms with Crippen LogP contribution in [0.5, 0.6) is 0 Å². The molecule has 0 spiro atoms. The van der Waals surface area contributed by atoms with Crippen LogP contribution in [0.4, 0.5) is 0 Å². The topological polar surface area (TPSA) is 20.2 Å². The van der Waals surface area contributed by atoms with E-state index >= 15 is 0 Å². The predicted molar refractivity (Wildman–Crippen MR) is 61.8 cm³/mol. The number of hydrogen-bond donors (Lipinski definition) is 1. The van der Waals surface area contributed by atoms with Crippen molar-refractivity contribution in [2.45, 2.75) is 38.7 Å². The minimum Gasteiger partial charge on any atom is -0.392 e. The lowest BCUT2D eigenvalue weighted by Crippen LogP contribution is -2.09. The lowest BCUT2D eigenvalue weighted by molar-refractivity contribution is 0.177. The van der Waals surface area contributed by atoms with Gasteiger partial charge in [-0.15, -0.1) is 30.6 Å². The Morgan fingerprint density at radius 1 is 1.38 bits per heavy atom. The van der Waals surface area contributed by atoms with Crippen molar-refractivity contribution in [3.8, 4) is 0 Å². The van der Waals surface area contributed by atoms with Gasteiger partial charge in [-0.25, -0.2) is 0 Å². The third-order valence-electron chi connectivity index (χ3n) is 2.03. The fourth-order valence-corrected chi connectivity index (χ4v) is 1.26. The molecule has 0 aliphatic rings. The Balaban J connectivity index is 0. The van der Waals surface area contributed by atoms with Gasteiger partial charge in [0.2, 0.25) is 0 Å². The first-order chi connectivity index (χ1) is 5.70. The SMILES string of the molecule is C=CCC[C@H](C)CC[C@H](O)CCl.Cl. The van der Waals surface area contributed by atoms with Gasteiger partial charge in [0.25, 0.3) is 0 Å². The normalized spacial score (nSPS) is 14.4. The lowest BCUT2D eigenvalue weighted by Gasteiger charge is -2.11. The van der Waals surface area contributed by atoms with Crippen molar-refractivity contribution in [2.24, 2.45) is 5.92 Å². The molecule has 0 heterocycles. The molecule has 0 saturated carbocycles. The van der Waals surface area contributed by atoms with Crippen LogP contribution in [-0.4, -0.2) is 17.1 Å². The average Bonchev–Trinajstić information content (AvgIpc) is 2.10. The van der Waals surface area contributed by atoms with E-state index in [4.69, 9.17) is 11.6 Å². The van der Waals surface area contributed by atoms with Gasteiger partial charge in [-0.1, -0.05) is 13.0 Å². The van der Waals surface area contributed by atoms with Crippen LogP contribution in [0.3, 0.4) is 0 Å². The van der Waals surface area contributed by atoms with E-state index in [-0.39, 0.29) is 18.5 Å². The average molecular weight is 227 g/mol. The van der Waals surface area contributed by atoms with Crippen molar-refractivity contribution in [1.82, 2.24) is 0 Å². The maximum Gasteiger partial charge on any atom is 0.0675 e. The number of aliphatic hydroxyl groups excluding tert-OH is 1. The molecular formula is C10H20Cl2O. The zero-order chi connectivity index (χ0) is 9.40. The summed E-state index contributed by atoms with van der Waals surface area (Å²) >= 11 is 5.47. The van der Waals surface area contributed by atoms with Crippen molar-refractivity contribution < 1.29 is 5.11 Å². The van der Waals surface area contributed by atoms with Crippen molar-refractivity contribution >= 4 is 24.0 Å². The molecule has 0 aliphatic carbocycles. The summed E-state index contributed by atoms with van der Waals surface area (Å²) in [5.41, 5.74) is 0. The quantitative estimate of drug-likeness (QED) is 0.522. The number of allylic oxidation sites excluding steroid dienone is 1. The second-order valence-corrected chi connectivity index (χ2v) is 3.67. The Morgan fingerprint density at radius 2 is 2.00 bits per heavy atom. The van der Waals surface area contributed by atoms with E-state index in [0.717, 1.165) is 19.3 Å². The van der Waals surface area contributed by atoms with Crippen LogP contribution >= 0.6 is 24.0 Å². The highest BCUT2D eigenvalue weighted by Crippen LogP contribution is 2.14. The first-order valence-electron chi connectivity index (χ1n) is 4.55. The zero-order valence-electron chi connectivity index (χ0n) is 8.21. The van der Waals surface area contributed by atoms with Crippen LogP contribution in [0.1, 0.15) is 32.6 Å². The maximum absolute atomic E-state index is 9.18. The Hall–Kier alpha value is 0.280. The highest BCUT2D eigenvalue weighted by molar-refractivity contribution is 6.18. The Kier molecular flexibility index (Phi) is 12.5. The Bertz CT molecular complexity index is 117. The number of alkyl halides is 1. The zero-order valence-corrected chi connectivity index (χ0v) is 9.78. The van der Waals surface area contributed by atoms with Crippen molar-refractivity contribution in [3.05, 3.63) is 12.7 Å². The molecular weight excluding hydrogens is 207 g/mol. The molecule has 0 rings (SSSR count). The summed E-state index contributed by atoms with van der Waals surface area (Å²) in [6.45, 7) is 5.87. The molecule has 2 atom stereocenters. The highest BCUT2D eigenvalue weighted by Gasteiger charge is 2.05. The van der Waals surface area contributed by atoms with Gasteiger partial charge in [0.05, 0.1) is 6.10 Å². The number of rotatable bonds is 7. The van der Waals surface area contributed by atoms with Gasteiger partial charge in [-0.3, -0.25) is 0 Å². The van der Waals surface area contributed by atoms with E-state index in [1.54, 1.807) is 0 Å². The second-order valence-electron chi connectivity index (χ2n) is 3.36. The minimum absolute atomic E-state index is 0. The standard InChI is InChI=1S/C10H19ClO.ClH/c1-3-4-5-9(2)6-7-10(12)8-11;/h3,9-10,12H,1,4-8H2,2H3;1H/t9-,10-;/m0./s1. The van der Waals surface area contributed by atoms with Gasteiger partial charge in [0.1, 0.15) is 0 Å². The summed E-state index contributed by atoms with van der Waals surface area (Å²) in [6.07, 6.45) is 5.73. The molecule has 0 saturated heterocycles. The largest absolute Gasteiger partial charge is 0.392 e. The minimum atomic E-state index is -0.321. The number of aliphatic hydroxyl groups is 1. The van der Waals surface area contributed by atoms with Gasteiger partial charge in [-0.2, -0.15) is 0 Å². The highest BCUT2D eigenvalue weighted by atomic mass is 35.5. The van der Waals surface area contributed by atoms with Crippen molar-refractivity contribution in [1.29, 1.82) is 0 Å². The molecule has 80 valence electrons. The summed E-state index contributed by atoms with van der Waals surface area (Å²) in [6, 6.07) is 0. The van der Waals surface area contributed by atoms with E-state index in [0.29, 0.717) is 11.8 Å². The van der Waals surface area contributed by atoms with Crippen LogP contribution in [0.15, 0.2) is 12.7 Å². The first-order valence-corrected chi connectivity index (χ1v) is 5.09. The predicted octanol–water partition coefficient (Wildman–Crippen LogP) is 3.39. The molecule has 0 aromatic carbocycles. The maximum atomic E-state index is 9.18.